The fourth-order valence-corrected chi connectivity index (χ4v) is 4.03. The van der Waals surface area contributed by atoms with Crippen LogP contribution in [0.5, 0.6) is 0 Å². The van der Waals surface area contributed by atoms with Crippen LogP contribution in [0, 0.1) is 17.3 Å². The maximum atomic E-state index is 10.5. The van der Waals surface area contributed by atoms with Gasteiger partial charge in [-0.15, -0.1) is 0 Å². The van der Waals surface area contributed by atoms with E-state index in [0.29, 0.717) is 17.3 Å². The molecule has 0 amide bonds. The highest BCUT2D eigenvalue weighted by Crippen LogP contribution is 3.02. The lowest BCUT2D eigenvalue weighted by atomic mass is 10.2. The summed E-state index contributed by atoms with van der Waals surface area (Å²) < 4.78 is 31.8. The Morgan fingerprint density at radius 3 is 2.36 bits per heavy atom. The molecule has 0 aliphatic heterocycles. The molecule has 0 aromatic carbocycles. The molecule has 4 nitrogen and oxygen atoms in total. The standard InChI is InChI=1S/C6H9NO3S/c1-3-5-2-4(5)6(3,5)7-11(8,9)10/h3-4,7H,2H2,1H3,(H,8,9,10)/t3?,4?,5-,6?/m1/s1. The van der Waals surface area contributed by atoms with Crippen LogP contribution in [-0.2, 0) is 10.3 Å². The number of fused-ring (bicyclic) bond motifs is 1. The Morgan fingerprint density at radius 2 is 2.27 bits per heavy atom. The molecule has 3 aliphatic rings. The van der Waals surface area contributed by atoms with Crippen LogP contribution in [0.3, 0.4) is 0 Å². The lowest BCUT2D eigenvalue weighted by Gasteiger charge is -2.08. The predicted molar refractivity (Wildman–Crippen MR) is 37.1 cm³/mol. The first kappa shape index (κ1) is 6.39. The van der Waals surface area contributed by atoms with Gasteiger partial charge in [-0.3, -0.25) is 4.55 Å². The zero-order valence-electron chi connectivity index (χ0n) is 6.03. The molecule has 62 valence electrons. The molecule has 0 aromatic heterocycles. The fraction of sp³-hybridized carbons (Fsp3) is 1.00. The van der Waals surface area contributed by atoms with E-state index >= 15 is 0 Å². The van der Waals surface area contributed by atoms with Crippen molar-refractivity contribution >= 4 is 10.3 Å². The van der Waals surface area contributed by atoms with E-state index in [0.717, 1.165) is 6.42 Å². The third kappa shape index (κ3) is 0.426. The highest BCUT2D eigenvalue weighted by molar-refractivity contribution is 7.83. The monoisotopic (exact) mass is 175 g/mol. The Kier molecular flexibility index (Phi) is 0.674. The molecule has 0 aromatic rings. The van der Waals surface area contributed by atoms with Crippen LogP contribution in [0.4, 0.5) is 0 Å². The maximum absolute atomic E-state index is 10.5. The van der Waals surface area contributed by atoms with Crippen molar-refractivity contribution in [3.8, 4) is 0 Å². The van der Waals surface area contributed by atoms with E-state index in [-0.39, 0.29) is 5.54 Å². The van der Waals surface area contributed by atoms with Crippen LogP contribution in [0.1, 0.15) is 13.3 Å². The van der Waals surface area contributed by atoms with Crippen LogP contribution in [0.25, 0.3) is 0 Å². The Balaban J connectivity index is 1.86. The average Bonchev–Trinajstić information content (AvgIpc) is 2.68. The molecule has 11 heavy (non-hydrogen) atoms. The smallest absolute Gasteiger partial charge is 0.273 e. The molecule has 3 unspecified atom stereocenters. The molecule has 3 fully saturated rings. The Labute approximate surface area is 64.9 Å². The zero-order chi connectivity index (χ0) is 8.07. The van der Waals surface area contributed by atoms with Gasteiger partial charge in [0.25, 0.3) is 0 Å². The number of hydrogen-bond acceptors (Lipinski definition) is 2. The second-order valence-corrected chi connectivity index (χ2v) is 5.12. The first-order chi connectivity index (χ1) is 4.95. The van der Waals surface area contributed by atoms with Crippen molar-refractivity contribution in [3.05, 3.63) is 0 Å². The van der Waals surface area contributed by atoms with Gasteiger partial charge in [0.05, 0.1) is 0 Å². The molecule has 0 bridgehead atoms. The summed E-state index contributed by atoms with van der Waals surface area (Å²) >= 11 is 0. The minimum atomic E-state index is -3.97. The number of rotatable bonds is 2. The fourth-order valence-electron chi connectivity index (χ4n) is 3.09. The van der Waals surface area contributed by atoms with E-state index in [1.807, 2.05) is 6.92 Å². The van der Waals surface area contributed by atoms with Crippen LogP contribution < -0.4 is 4.72 Å². The van der Waals surface area contributed by atoms with E-state index in [9.17, 15) is 8.42 Å². The summed E-state index contributed by atoms with van der Waals surface area (Å²) in [6.45, 7) is 2.03. The number of hydrogen-bond donors (Lipinski definition) is 2. The van der Waals surface area contributed by atoms with E-state index in [4.69, 9.17) is 4.55 Å². The topological polar surface area (TPSA) is 66.4 Å². The Bertz CT molecular complexity index is 351. The van der Waals surface area contributed by atoms with Crippen LogP contribution in [0.2, 0.25) is 0 Å². The first-order valence-electron chi connectivity index (χ1n) is 3.71. The molecule has 5 heteroatoms. The molecule has 0 saturated heterocycles. The molecular weight excluding hydrogens is 166 g/mol. The van der Waals surface area contributed by atoms with Crippen molar-refractivity contribution in [1.29, 1.82) is 0 Å². The molecule has 0 heterocycles. The van der Waals surface area contributed by atoms with E-state index < -0.39 is 10.3 Å². The summed E-state index contributed by atoms with van der Waals surface area (Å²) in [5.74, 6) is 0.994. The average molecular weight is 175 g/mol. The normalized spacial score (nSPS) is 63.1. The molecule has 1 spiro atoms. The van der Waals surface area contributed by atoms with E-state index in [1.54, 1.807) is 0 Å². The molecule has 4 atom stereocenters. The van der Waals surface area contributed by atoms with Gasteiger partial charge in [-0.25, -0.2) is 0 Å². The second-order valence-electron chi connectivity index (χ2n) is 3.96. The van der Waals surface area contributed by atoms with Gasteiger partial charge in [0, 0.05) is 5.54 Å². The molecule has 2 N–H and O–H groups in total. The van der Waals surface area contributed by atoms with Crippen LogP contribution in [-0.4, -0.2) is 18.5 Å². The third-order valence-corrected chi connectivity index (χ3v) is 4.51. The van der Waals surface area contributed by atoms with Crippen molar-refractivity contribution in [2.75, 3.05) is 0 Å². The summed E-state index contributed by atoms with van der Waals surface area (Å²) in [6.07, 6.45) is 1.15. The van der Waals surface area contributed by atoms with Crippen LogP contribution in [0.15, 0.2) is 0 Å². The summed E-state index contributed by atoms with van der Waals surface area (Å²) in [5, 5.41) is 0. The van der Waals surface area contributed by atoms with E-state index in [1.165, 1.54) is 0 Å². The minimum Gasteiger partial charge on any atom is -0.273 e. The van der Waals surface area contributed by atoms with Crippen LogP contribution >= 0.6 is 0 Å². The van der Waals surface area contributed by atoms with Crippen molar-refractivity contribution < 1.29 is 13.0 Å². The lowest BCUT2D eigenvalue weighted by Crippen LogP contribution is -2.35. The van der Waals surface area contributed by atoms with E-state index in [2.05, 4.69) is 4.72 Å². The van der Waals surface area contributed by atoms with Crippen molar-refractivity contribution in [1.82, 2.24) is 4.72 Å². The van der Waals surface area contributed by atoms with Gasteiger partial charge < -0.3 is 0 Å². The summed E-state index contributed by atoms with van der Waals surface area (Å²) in [7, 11) is -3.97. The number of nitrogens with one attached hydrogen (secondary N) is 1. The third-order valence-electron chi connectivity index (χ3n) is 3.91. The van der Waals surface area contributed by atoms with Crippen molar-refractivity contribution in [2.45, 2.75) is 18.9 Å². The maximum Gasteiger partial charge on any atom is 0.333 e. The van der Waals surface area contributed by atoms with Gasteiger partial charge in [-0.1, -0.05) is 6.92 Å². The summed E-state index contributed by atoms with van der Waals surface area (Å²) in [6, 6.07) is 0. The lowest BCUT2D eigenvalue weighted by molar-refractivity contribution is 0.439. The molecule has 3 saturated carbocycles. The van der Waals surface area contributed by atoms with Gasteiger partial charge in [0.2, 0.25) is 0 Å². The first-order valence-corrected chi connectivity index (χ1v) is 5.15. The zero-order valence-corrected chi connectivity index (χ0v) is 6.85. The van der Waals surface area contributed by atoms with Gasteiger partial charge in [0.15, 0.2) is 0 Å². The van der Waals surface area contributed by atoms with Gasteiger partial charge >= 0.3 is 10.3 Å². The SMILES string of the molecule is CC1C2(NS(=O)(=O)O)C3C[C@@]132. The molecular formula is C6H9NO3S. The highest BCUT2D eigenvalue weighted by Gasteiger charge is 3.07. The molecule has 3 aliphatic carbocycles. The minimum absolute atomic E-state index is 0.194. The van der Waals surface area contributed by atoms with Gasteiger partial charge in [-0.05, 0) is 23.7 Å². The Morgan fingerprint density at radius 1 is 1.64 bits per heavy atom. The second kappa shape index (κ2) is 1.16. The predicted octanol–water partition coefficient (Wildman–Crippen LogP) is -0.213. The van der Waals surface area contributed by atoms with Gasteiger partial charge in [0.1, 0.15) is 0 Å². The van der Waals surface area contributed by atoms with Gasteiger partial charge in [-0.2, -0.15) is 13.1 Å². The summed E-state index contributed by atoms with van der Waals surface area (Å²) in [5.41, 5.74) is 0.101. The molecule has 0 radical (unpaired) electrons. The molecule has 3 rings (SSSR count). The highest BCUT2D eigenvalue weighted by atomic mass is 32.2. The quantitative estimate of drug-likeness (QED) is 0.570. The Hall–Kier alpha value is -0.130. The van der Waals surface area contributed by atoms with Crippen molar-refractivity contribution in [2.24, 2.45) is 17.3 Å². The summed E-state index contributed by atoms with van der Waals surface area (Å²) in [4.78, 5) is 0. The largest absolute Gasteiger partial charge is 0.333 e. The van der Waals surface area contributed by atoms with Crippen molar-refractivity contribution in [3.63, 3.8) is 0 Å².